The molecule has 6 nitrogen and oxygen atoms in total. The van der Waals surface area contributed by atoms with E-state index in [2.05, 4.69) is 50.4 Å². The van der Waals surface area contributed by atoms with Gasteiger partial charge in [0.2, 0.25) is 5.91 Å². The Morgan fingerprint density at radius 1 is 0.460 bits per heavy atom. The zero-order valence-corrected chi connectivity index (χ0v) is 42.5. The highest BCUT2D eigenvalue weighted by atomic mass is 16.5. The third kappa shape index (κ3) is 46.7. The number of unbranched alkanes of at least 4 members (excludes halogenated alkanes) is 36. The molecular weight excluding hydrogens is 779 g/mol. The molecule has 0 saturated carbocycles. The summed E-state index contributed by atoms with van der Waals surface area (Å²) in [5.41, 5.74) is 0. The molecule has 63 heavy (non-hydrogen) atoms. The smallest absolute Gasteiger partial charge is 0.306 e. The summed E-state index contributed by atoms with van der Waals surface area (Å²) in [6.45, 7) is 6.50. The van der Waals surface area contributed by atoms with Crippen molar-refractivity contribution in [1.29, 1.82) is 0 Å². The van der Waals surface area contributed by atoms with E-state index in [4.69, 9.17) is 4.74 Å². The predicted molar refractivity (Wildman–Crippen MR) is 273 cm³/mol. The lowest BCUT2D eigenvalue weighted by Crippen LogP contribution is -2.46. The van der Waals surface area contributed by atoms with Crippen LogP contribution in [0.1, 0.15) is 303 Å². The first-order valence-electron chi connectivity index (χ1n) is 28.1. The van der Waals surface area contributed by atoms with Gasteiger partial charge in [0.25, 0.3) is 0 Å². The van der Waals surface area contributed by atoms with Crippen LogP contribution in [0.25, 0.3) is 0 Å². The fraction of sp³-hybridized carbons (Fsp3) is 0.895. The van der Waals surface area contributed by atoms with Gasteiger partial charge in [-0.3, -0.25) is 9.59 Å². The van der Waals surface area contributed by atoms with Gasteiger partial charge in [-0.25, -0.2) is 0 Å². The van der Waals surface area contributed by atoms with Crippen molar-refractivity contribution in [3.8, 4) is 0 Å². The van der Waals surface area contributed by atoms with Gasteiger partial charge in [0.1, 0.15) is 6.10 Å². The van der Waals surface area contributed by atoms with E-state index in [-0.39, 0.29) is 24.9 Å². The minimum Gasteiger partial charge on any atom is -0.462 e. The van der Waals surface area contributed by atoms with Crippen molar-refractivity contribution in [2.75, 3.05) is 6.61 Å². The first-order chi connectivity index (χ1) is 31.0. The van der Waals surface area contributed by atoms with Gasteiger partial charge in [-0.2, -0.15) is 0 Å². The molecule has 0 aliphatic heterocycles. The summed E-state index contributed by atoms with van der Waals surface area (Å²) in [5.74, 6) is -0.482. The van der Waals surface area contributed by atoms with Gasteiger partial charge in [0.15, 0.2) is 0 Å². The second-order valence-corrected chi connectivity index (χ2v) is 19.4. The standard InChI is InChI=1S/C57H109NO5/c1-4-7-10-13-16-19-22-24-26-28-30-32-35-38-41-44-47-50-57(62)63-53(48-45-42-39-36-34-31-29-27-25-23-20-17-14-11-8-5-2)51-56(61)58-54(52-59)55(60)49-46-43-40-37-33-21-18-15-12-9-6-3/h27,29,31,34,53-55,59-60H,4-26,28,30,32-33,35-52H2,1-3H3,(H,58,61)/b29-27+,34-31+. The second-order valence-electron chi connectivity index (χ2n) is 19.4. The SMILES string of the molecule is CCCCCCCCC/C=C/C=C/CCCCCC(CC(=O)NC(CO)C(O)CCCCCCCCCCCCC)OC(=O)CCCCCCCCCCCCCCCCCCC. The van der Waals surface area contributed by atoms with E-state index in [1.165, 1.54) is 186 Å². The Morgan fingerprint density at radius 2 is 0.794 bits per heavy atom. The van der Waals surface area contributed by atoms with Crippen molar-refractivity contribution in [3.63, 3.8) is 0 Å². The minimum atomic E-state index is -0.790. The molecule has 0 aromatic heterocycles. The number of nitrogens with one attached hydrogen (secondary N) is 1. The van der Waals surface area contributed by atoms with Crippen LogP contribution in [-0.4, -0.2) is 46.9 Å². The molecule has 0 bridgehead atoms. The molecule has 3 unspecified atom stereocenters. The second kappa shape index (κ2) is 51.3. The Labute approximate surface area is 392 Å². The summed E-state index contributed by atoms with van der Waals surface area (Å²) in [7, 11) is 0. The van der Waals surface area contributed by atoms with Crippen LogP contribution in [0.15, 0.2) is 24.3 Å². The molecule has 0 spiro atoms. The maximum absolute atomic E-state index is 13.2. The maximum Gasteiger partial charge on any atom is 0.306 e. The molecule has 1 amide bonds. The number of allylic oxidation sites excluding steroid dienone is 4. The average Bonchev–Trinajstić information content (AvgIpc) is 3.28. The summed E-state index contributed by atoms with van der Waals surface area (Å²) in [4.78, 5) is 26.2. The highest BCUT2D eigenvalue weighted by Gasteiger charge is 2.24. The molecule has 372 valence electrons. The molecule has 0 aromatic rings. The molecule has 0 aliphatic rings. The summed E-state index contributed by atoms with van der Waals surface area (Å²) < 4.78 is 5.95. The van der Waals surface area contributed by atoms with Crippen LogP contribution < -0.4 is 5.32 Å². The van der Waals surface area contributed by atoms with E-state index in [9.17, 15) is 19.8 Å². The van der Waals surface area contributed by atoms with Crippen molar-refractivity contribution < 1.29 is 24.5 Å². The molecule has 0 radical (unpaired) electrons. The normalized spacial score (nSPS) is 13.3. The monoisotopic (exact) mass is 888 g/mol. The molecule has 0 heterocycles. The zero-order chi connectivity index (χ0) is 45.9. The highest BCUT2D eigenvalue weighted by Crippen LogP contribution is 2.18. The quantitative estimate of drug-likeness (QED) is 0.0321. The molecular formula is C57H109NO5. The molecule has 0 rings (SSSR count). The van der Waals surface area contributed by atoms with Crippen LogP contribution in [0.4, 0.5) is 0 Å². The molecule has 0 aromatic carbocycles. The number of hydrogen-bond donors (Lipinski definition) is 3. The van der Waals surface area contributed by atoms with Crippen molar-refractivity contribution in [2.24, 2.45) is 0 Å². The van der Waals surface area contributed by atoms with E-state index < -0.39 is 18.2 Å². The van der Waals surface area contributed by atoms with Gasteiger partial charge in [-0.05, 0) is 51.4 Å². The van der Waals surface area contributed by atoms with Gasteiger partial charge in [-0.1, -0.05) is 263 Å². The molecule has 3 atom stereocenters. The van der Waals surface area contributed by atoms with Gasteiger partial charge in [-0.15, -0.1) is 0 Å². The van der Waals surface area contributed by atoms with E-state index in [1.54, 1.807) is 0 Å². The Hall–Kier alpha value is -1.66. The first kappa shape index (κ1) is 61.3. The fourth-order valence-corrected chi connectivity index (χ4v) is 8.78. The number of amides is 1. The molecule has 0 saturated heterocycles. The number of carbonyl (C=O) groups excluding carboxylic acids is 2. The van der Waals surface area contributed by atoms with Crippen molar-refractivity contribution in [2.45, 2.75) is 322 Å². The van der Waals surface area contributed by atoms with Crippen LogP contribution in [0.2, 0.25) is 0 Å². The number of aliphatic hydroxyl groups excluding tert-OH is 2. The van der Waals surface area contributed by atoms with Gasteiger partial charge >= 0.3 is 5.97 Å². The minimum absolute atomic E-state index is 0.0654. The van der Waals surface area contributed by atoms with Crippen molar-refractivity contribution >= 4 is 11.9 Å². The Morgan fingerprint density at radius 3 is 1.19 bits per heavy atom. The summed E-state index contributed by atoms with van der Waals surface area (Å²) >= 11 is 0. The lowest BCUT2D eigenvalue weighted by Gasteiger charge is -2.24. The van der Waals surface area contributed by atoms with E-state index in [0.717, 1.165) is 70.6 Å². The largest absolute Gasteiger partial charge is 0.462 e. The molecule has 0 aliphatic carbocycles. The topological polar surface area (TPSA) is 95.9 Å². The summed E-state index contributed by atoms with van der Waals surface area (Å²) in [6, 6.07) is -0.705. The lowest BCUT2D eigenvalue weighted by atomic mass is 10.0. The van der Waals surface area contributed by atoms with E-state index >= 15 is 0 Å². The average molecular weight is 889 g/mol. The number of hydrogen-bond acceptors (Lipinski definition) is 5. The molecule has 0 fully saturated rings. The van der Waals surface area contributed by atoms with Gasteiger partial charge in [0, 0.05) is 6.42 Å². The van der Waals surface area contributed by atoms with Gasteiger partial charge < -0.3 is 20.3 Å². The van der Waals surface area contributed by atoms with Crippen LogP contribution in [0, 0.1) is 0 Å². The number of esters is 1. The molecule has 3 N–H and O–H groups in total. The van der Waals surface area contributed by atoms with Crippen LogP contribution >= 0.6 is 0 Å². The van der Waals surface area contributed by atoms with Gasteiger partial charge in [0.05, 0.1) is 25.2 Å². The number of ether oxygens (including phenoxy) is 1. The maximum atomic E-state index is 13.2. The van der Waals surface area contributed by atoms with Crippen LogP contribution in [-0.2, 0) is 14.3 Å². The van der Waals surface area contributed by atoms with Crippen LogP contribution in [0.3, 0.4) is 0 Å². The lowest BCUT2D eigenvalue weighted by molar-refractivity contribution is -0.151. The predicted octanol–water partition coefficient (Wildman–Crippen LogP) is 17.1. The zero-order valence-electron chi connectivity index (χ0n) is 42.5. The van der Waals surface area contributed by atoms with Crippen molar-refractivity contribution in [3.05, 3.63) is 24.3 Å². The number of aliphatic hydroxyl groups is 2. The Balaban J connectivity index is 4.57. The van der Waals surface area contributed by atoms with E-state index in [0.29, 0.717) is 19.3 Å². The number of carbonyl (C=O) groups is 2. The van der Waals surface area contributed by atoms with Crippen molar-refractivity contribution in [1.82, 2.24) is 5.32 Å². The highest BCUT2D eigenvalue weighted by molar-refractivity contribution is 5.77. The van der Waals surface area contributed by atoms with E-state index in [1.807, 2.05) is 0 Å². The Kier molecular flexibility index (Phi) is 50.0. The summed E-state index contributed by atoms with van der Waals surface area (Å²) in [6.07, 6.45) is 59.6. The Bertz CT molecular complexity index is 997. The third-order valence-corrected chi connectivity index (χ3v) is 13.1. The van der Waals surface area contributed by atoms with Crippen LogP contribution in [0.5, 0.6) is 0 Å². The number of rotatable bonds is 51. The fourth-order valence-electron chi connectivity index (χ4n) is 8.78. The first-order valence-corrected chi connectivity index (χ1v) is 28.1. The third-order valence-electron chi connectivity index (χ3n) is 13.1. The summed E-state index contributed by atoms with van der Waals surface area (Å²) in [5, 5.41) is 23.8. The molecule has 6 heteroatoms.